The average molecular weight is 382 g/mol. The van der Waals surface area contributed by atoms with E-state index in [1.54, 1.807) is 12.1 Å². The molecule has 0 aliphatic carbocycles. The molecule has 148 valence electrons. The van der Waals surface area contributed by atoms with Gasteiger partial charge in [-0.2, -0.15) is 0 Å². The molecule has 1 fully saturated rings. The van der Waals surface area contributed by atoms with Crippen molar-refractivity contribution in [3.63, 3.8) is 0 Å². The van der Waals surface area contributed by atoms with Gasteiger partial charge in [-0.05, 0) is 37.5 Å². The topological polar surface area (TPSA) is 95.7 Å². The van der Waals surface area contributed by atoms with Crippen molar-refractivity contribution >= 4 is 17.5 Å². The Morgan fingerprint density at radius 1 is 1.29 bits per heavy atom. The van der Waals surface area contributed by atoms with Crippen molar-refractivity contribution in [3.05, 3.63) is 64.3 Å². The first-order valence-corrected chi connectivity index (χ1v) is 9.60. The van der Waals surface area contributed by atoms with Gasteiger partial charge in [-0.1, -0.05) is 18.2 Å². The molecule has 0 amide bonds. The number of rotatable bonds is 6. The Kier molecular flexibility index (Phi) is 6.78. The maximum Gasteiger partial charge on any atom is 0.269 e. The van der Waals surface area contributed by atoms with Crippen molar-refractivity contribution in [2.45, 2.75) is 32.4 Å². The Balaban J connectivity index is 1.57. The summed E-state index contributed by atoms with van der Waals surface area (Å²) >= 11 is 0. The molecule has 1 aromatic carbocycles. The highest BCUT2D eigenvalue weighted by atomic mass is 16.6. The SMILES string of the molecule is CCNC(=NCc1cccc([N+](=O)[O-])c1)NC1CCN(c2ccccn2)CC1. The lowest BCUT2D eigenvalue weighted by Gasteiger charge is -2.33. The van der Waals surface area contributed by atoms with Crippen molar-refractivity contribution < 1.29 is 4.92 Å². The number of pyridine rings is 1. The van der Waals surface area contributed by atoms with Crippen LogP contribution in [0.2, 0.25) is 0 Å². The highest BCUT2D eigenvalue weighted by molar-refractivity contribution is 5.80. The van der Waals surface area contributed by atoms with Crippen LogP contribution >= 0.6 is 0 Å². The number of non-ortho nitro benzene ring substituents is 1. The molecule has 0 saturated carbocycles. The quantitative estimate of drug-likeness (QED) is 0.345. The molecule has 3 rings (SSSR count). The summed E-state index contributed by atoms with van der Waals surface area (Å²) in [5.41, 5.74) is 0.906. The van der Waals surface area contributed by atoms with E-state index in [1.165, 1.54) is 6.07 Å². The molecular formula is C20H26N6O2. The molecule has 8 nitrogen and oxygen atoms in total. The molecule has 1 aliphatic rings. The first-order chi connectivity index (χ1) is 13.7. The number of hydrogen-bond donors (Lipinski definition) is 2. The van der Waals surface area contributed by atoms with Crippen LogP contribution in [0, 0.1) is 10.1 Å². The molecule has 0 spiro atoms. The molecule has 0 bridgehead atoms. The van der Waals surface area contributed by atoms with Gasteiger partial charge in [0.1, 0.15) is 5.82 Å². The van der Waals surface area contributed by atoms with Crippen molar-refractivity contribution in [1.82, 2.24) is 15.6 Å². The molecule has 8 heteroatoms. The van der Waals surface area contributed by atoms with Crippen LogP contribution in [0.3, 0.4) is 0 Å². The second-order valence-corrected chi connectivity index (χ2v) is 6.72. The van der Waals surface area contributed by atoms with E-state index in [1.807, 2.05) is 37.4 Å². The lowest BCUT2D eigenvalue weighted by Crippen LogP contribution is -2.48. The molecule has 2 aromatic rings. The lowest BCUT2D eigenvalue weighted by molar-refractivity contribution is -0.384. The van der Waals surface area contributed by atoms with Gasteiger partial charge in [0.05, 0.1) is 11.5 Å². The summed E-state index contributed by atoms with van der Waals surface area (Å²) in [6.07, 6.45) is 3.82. The van der Waals surface area contributed by atoms with Crippen LogP contribution in [0.25, 0.3) is 0 Å². The summed E-state index contributed by atoms with van der Waals surface area (Å²) in [4.78, 5) is 21.9. The van der Waals surface area contributed by atoms with Crippen LogP contribution in [0.15, 0.2) is 53.7 Å². The van der Waals surface area contributed by atoms with Crippen LogP contribution < -0.4 is 15.5 Å². The number of hydrogen-bond acceptors (Lipinski definition) is 5. The molecule has 28 heavy (non-hydrogen) atoms. The number of aromatic nitrogens is 1. The van der Waals surface area contributed by atoms with Gasteiger partial charge in [-0.25, -0.2) is 9.98 Å². The highest BCUT2D eigenvalue weighted by Crippen LogP contribution is 2.17. The van der Waals surface area contributed by atoms with E-state index < -0.39 is 0 Å². The van der Waals surface area contributed by atoms with Crippen molar-refractivity contribution in [3.8, 4) is 0 Å². The zero-order valence-electron chi connectivity index (χ0n) is 16.0. The van der Waals surface area contributed by atoms with Crippen LogP contribution in [-0.4, -0.2) is 41.5 Å². The van der Waals surface area contributed by atoms with E-state index in [4.69, 9.17) is 0 Å². The minimum atomic E-state index is -0.383. The van der Waals surface area contributed by atoms with Gasteiger partial charge in [-0.15, -0.1) is 0 Å². The van der Waals surface area contributed by atoms with E-state index in [0.717, 1.165) is 49.8 Å². The summed E-state index contributed by atoms with van der Waals surface area (Å²) in [5.74, 6) is 1.76. The fraction of sp³-hybridized carbons (Fsp3) is 0.400. The average Bonchev–Trinajstić information content (AvgIpc) is 2.73. The maximum atomic E-state index is 10.9. The normalized spacial score (nSPS) is 15.3. The largest absolute Gasteiger partial charge is 0.357 e. The molecule has 2 heterocycles. The van der Waals surface area contributed by atoms with Gasteiger partial charge < -0.3 is 15.5 Å². The number of nitro benzene ring substituents is 1. The monoisotopic (exact) mass is 382 g/mol. The van der Waals surface area contributed by atoms with Crippen molar-refractivity contribution in [2.75, 3.05) is 24.5 Å². The molecule has 2 N–H and O–H groups in total. The fourth-order valence-electron chi connectivity index (χ4n) is 3.25. The van der Waals surface area contributed by atoms with E-state index in [-0.39, 0.29) is 10.6 Å². The second kappa shape index (κ2) is 9.68. The standard InChI is InChI=1S/C20H26N6O2/c1-2-21-20(23-15-16-6-5-7-18(14-16)26(27)28)24-17-9-12-25(13-10-17)19-8-3-4-11-22-19/h3-8,11,14,17H,2,9-10,12-13,15H2,1H3,(H2,21,23,24). The Hall–Kier alpha value is -3.16. The zero-order valence-corrected chi connectivity index (χ0v) is 16.0. The van der Waals surface area contributed by atoms with E-state index in [2.05, 4.69) is 25.5 Å². The number of anilines is 1. The first-order valence-electron chi connectivity index (χ1n) is 9.60. The van der Waals surface area contributed by atoms with Gasteiger partial charge in [-0.3, -0.25) is 10.1 Å². The lowest BCUT2D eigenvalue weighted by atomic mass is 10.1. The summed E-state index contributed by atoms with van der Waals surface area (Å²) in [6, 6.07) is 12.9. The van der Waals surface area contributed by atoms with Crippen molar-refractivity contribution in [1.29, 1.82) is 0 Å². The third kappa shape index (κ3) is 5.42. The molecule has 0 unspecified atom stereocenters. The van der Waals surface area contributed by atoms with Gasteiger partial charge in [0, 0.05) is 44.0 Å². The van der Waals surface area contributed by atoms with Gasteiger partial charge >= 0.3 is 0 Å². The third-order valence-electron chi connectivity index (χ3n) is 4.69. The number of benzene rings is 1. The molecule has 1 aromatic heterocycles. The number of aliphatic imine (C=N–C) groups is 1. The Bertz CT molecular complexity index is 803. The summed E-state index contributed by atoms with van der Waals surface area (Å²) < 4.78 is 0. The van der Waals surface area contributed by atoms with Gasteiger partial charge in [0.25, 0.3) is 5.69 Å². The summed E-state index contributed by atoms with van der Waals surface area (Å²) in [6.45, 7) is 5.06. The third-order valence-corrected chi connectivity index (χ3v) is 4.69. The van der Waals surface area contributed by atoms with Gasteiger partial charge in [0.15, 0.2) is 5.96 Å². The van der Waals surface area contributed by atoms with Crippen LogP contribution in [0.5, 0.6) is 0 Å². The second-order valence-electron chi connectivity index (χ2n) is 6.72. The van der Waals surface area contributed by atoms with Crippen LogP contribution in [-0.2, 0) is 6.54 Å². The molecular weight excluding hydrogens is 356 g/mol. The predicted octanol–water partition coefficient (Wildman–Crippen LogP) is 2.71. The van der Waals surface area contributed by atoms with E-state index in [9.17, 15) is 10.1 Å². The number of nitrogens with zero attached hydrogens (tertiary/aromatic N) is 4. The smallest absolute Gasteiger partial charge is 0.269 e. The van der Waals surface area contributed by atoms with Gasteiger partial charge in [0.2, 0.25) is 0 Å². The Labute approximate surface area is 164 Å². The number of nitrogens with one attached hydrogen (secondary N) is 2. The Morgan fingerprint density at radius 3 is 2.79 bits per heavy atom. The number of guanidine groups is 1. The molecule has 0 atom stereocenters. The minimum Gasteiger partial charge on any atom is -0.357 e. The molecule has 1 aliphatic heterocycles. The first kappa shape index (κ1) is 19.6. The Morgan fingerprint density at radius 2 is 2.11 bits per heavy atom. The van der Waals surface area contributed by atoms with E-state index in [0.29, 0.717) is 12.6 Å². The number of nitro groups is 1. The van der Waals surface area contributed by atoms with E-state index >= 15 is 0 Å². The number of piperidine rings is 1. The minimum absolute atomic E-state index is 0.0903. The van der Waals surface area contributed by atoms with Crippen LogP contribution in [0.1, 0.15) is 25.3 Å². The van der Waals surface area contributed by atoms with Crippen LogP contribution in [0.4, 0.5) is 11.5 Å². The predicted molar refractivity (Wildman–Crippen MR) is 111 cm³/mol. The summed E-state index contributed by atoms with van der Waals surface area (Å²) in [5, 5.41) is 17.7. The zero-order chi connectivity index (χ0) is 19.8. The highest BCUT2D eigenvalue weighted by Gasteiger charge is 2.20. The summed E-state index contributed by atoms with van der Waals surface area (Å²) in [7, 11) is 0. The molecule has 1 saturated heterocycles. The maximum absolute atomic E-state index is 10.9. The van der Waals surface area contributed by atoms with Crippen molar-refractivity contribution in [2.24, 2.45) is 4.99 Å². The fourth-order valence-corrected chi connectivity index (χ4v) is 3.25. The molecule has 0 radical (unpaired) electrons.